The zero-order valence-corrected chi connectivity index (χ0v) is 10.4. The Labute approximate surface area is 95.4 Å². The first-order valence-electron chi connectivity index (χ1n) is 4.78. The van der Waals surface area contributed by atoms with E-state index >= 15 is 0 Å². The summed E-state index contributed by atoms with van der Waals surface area (Å²) in [5.74, 6) is 0.320. The number of hydrogen-bond donors (Lipinski definition) is 1. The molecule has 0 aliphatic carbocycles. The third-order valence-corrected chi connectivity index (χ3v) is 3.07. The summed E-state index contributed by atoms with van der Waals surface area (Å²) in [4.78, 5) is 16.0. The van der Waals surface area contributed by atoms with Gasteiger partial charge in [0.05, 0.1) is 10.2 Å². The third kappa shape index (κ3) is 1.61. The van der Waals surface area contributed by atoms with Crippen molar-refractivity contribution in [3.05, 3.63) is 32.3 Å². The average Bonchev–Trinajstić information content (AvgIpc) is 2.44. The van der Waals surface area contributed by atoms with Crippen molar-refractivity contribution in [1.82, 2.24) is 14.6 Å². The van der Waals surface area contributed by atoms with Crippen LogP contribution in [0.3, 0.4) is 0 Å². The Balaban J connectivity index is 2.88. The van der Waals surface area contributed by atoms with Gasteiger partial charge < -0.3 is 0 Å². The van der Waals surface area contributed by atoms with Crippen molar-refractivity contribution in [2.45, 2.75) is 26.7 Å². The summed E-state index contributed by atoms with van der Waals surface area (Å²) in [5, 5.41) is 3.05. The zero-order valence-electron chi connectivity index (χ0n) is 8.84. The van der Waals surface area contributed by atoms with Crippen LogP contribution >= 0.6 is 15.9 Å². The Morgan fingerprint density at radius 2 is 2.20 bits per heavy atom. The summed E-state index contributed by atoms with van der Waals surface area (Å²) in [5.41, 5.74) is 2.30. The van der Waals surface area contributed by atoms with E-state index in [4.69, 9.17) is 0 Å². The van der Waals surface area contributed by atoms with E-state index in [9.17, 15) is 4.79 Å². The first-order chi connectivity index (χ1) is 7.00. The monoisotopic (exact) mass is 269 g/mol. The van der Waals surface area contributed by atoms with Crippen molar-refractivity contribution < 1.29 is 0 Å². The highest BCUT2D eigenvalue weighted by atomic mass is 79.9. The second kappa shape index (κ2) is 3.48. The van der Waals surface area contributed by atoms with Gasteiger partial charge in [0.2, 0.25) is 0 Å². The van der Waals surface area contributed by atoms with E-state index in [1.54, 1.807) is 0 Å². The molecular formula is C10H12BrN3O. The van der Waals surface area contributed by atoms with E-state index in [1.165, 1.54) is 10.6 Å². The van der Waals surface area contributed by atoms with Crippen molar-refractivity contribution in [3.63, 3.8) is 0 Å². The number of H-pyrrole nitrogens is 1. The molecule has 0 aromatic carbocycles. The minimum atomic E-state index is -0.0786. The predicted octanol–water partition coefficient (Wildman–Crippen LogP) is 2.22. The molecule has 0 unspecified atom stereocenters. The molecular weight excluding hydrogens is 258 g/mol. The van der Waals surface area contributed by atoms with E-state index in [0.29, 0.717) is 11.6 Å². The highest BCUT2D eigenvalue weighted by molar-refractivity contribution is 9.10. The van der Waals surface area contributed by atoms with Gasteiger partial charge in [-0.3, -0.25) is 9.89 Å². The molecule has 2 rings (SSSR count). The number of aromatic amines is 1. The Hall–Kier alpha value is -1.10. The van der Waals surface area contributed by atoms with Crippen LogP contribution in [0, 0.1) is 6.92 Å². The van der Waals surface area contributed by atoms with Gasteiger partial charge in [-0.05, 0) is 28.8 Å². The van der Waals surface area contributed by atoms with Crippen LogP contribution in [0.5, 0.6) is 0 Å². The summed E-state index contributed by atoms with van der Waals surface area (Å²) < 4.78 is 2.34. The van der Waals surface area contributed by atoms with Gasteiger partial charge in [-0.25, -0.2) is 9.50 Å². The number of rotatable bonds is 1. The molecule has 0 atom stereocenters. The lowest BCUT2D eigenvalue weighted by Crippen LogP contribution is -2.14. The Morgan fingerprint density at radius 3 is 2.80 bits per heavy atom. The first-order valence-corrected chi connectivity index (χ1v) is 5.57. The predicted molar refractivity (Wildman–Crippen MR) is 62.3 cm³/mol. The number of aromatic nitrogens is 3. The SMILES string of the molecule is Cc1cc(=O)n2[nH]c(C(C)C)c(Br)c2n1. The molecule has 2 heterocycles. The minimum Gasteiger partial charge on any atom is -0.292 e. The second-order valence-electron chi connectivity index (χ2n) is 3.89. The number of hydrogen-bond acceptors (Lipinski definition) is 2. The molecule has 0 spiro atoms. The summed E-state index contributed by atoms with van der Waals surface area (Å²) in [7, 11) is 0. The van der Waals surface area contributed by atoms with Crippen LogP contribution < -0.4 is 5.56 Å². The largest absolute Gasteiger partial charge is 0.292 e. The lowest BCUT2D eigenvalue weighted by atomic mass is 10.1. The molecule has 2 aromatic rings. The van der Waals surface area contributed by atoms with Crippen LogP contribution in [0.1, 0.15) is 31.2 Å². The average molecular weight is 270 g/mol. The topological polar surface area (TPSA) is 50.2 Å². The van der Waals surface area contributed by atoms with E-state index in [1.807, 2.05) is 6.92 Å². The summed E-state index contributed by atoms with van der Waals surface area (Å²) in [6.45, 7) is 5.94. The fraction of sp³-hybridized carbons (Fsp3) is 0.400. The van der Waals surface area contributed by atoms with Crippen molar-refractivity contribution in [2.75, 3.05) is 0 Å². The van der Waals surface area contributed by atoms with E-state index in [-0.39, 0.29) is 5.56 Å². The molecule has 0 bridgehead atoms. The number of fused-ring (bicyclic) bond motifs is 1. The van der Waals surface area contributed by atoms with Crippen LogP contribution in [-0.4, -0.2) is 14.6 Å². The maximum absolute atomic E-state index is 11.7. The van der Waals surface area contributed by atoms with Crippen LogP contribution in [0.4, 0.5) is 0 Å². The Kier molecular flexibility index (Phi) is 2.42. The molecule has 0 aliphatic rings. The first kappa shape index (κ1) is 10.4. The molecule has 0 saturated carbocycles. The molecule has 0 amide bonds. The van der Waals surface area contributed by atoms with E-state index in [0.717, 1.165) is 15.9 Å². The number of nitrogens with zero attached hydrogens (tertiary/aromatic N) is 2. The maximum Gasteiger partial charge on any atom is 0.272 e. The lowest BCUT2D eigenvalue weighted by Gasteiger charge is -1.99. The van der Waals surface area contributed by atoms with E-state index < -0.39 is 0 Å². The number of aryl methyl sites for hydroxylation is 1. The van der Waals surface area contributed by atoms with Gasteiger partial charge in [0.25, 0.3) is 5.56 Å². The van der Waals surface area contributed by atoms with Gasteiger partial charge in [-0.1, -0.05) is 13.8 Å². The lowest BCUT2D eigenvalue weighted by molar-refractivity contribution is 0.773. The maximum atomic E-state index is 11.7. The smallest absolute Gasteiger partial charge is 0.272 e. The third-order valence-electron chi connectivity index (χ3n) is 2.29. The van der Waals surface area contributed by atoms with Crippen molar-refractivity contribution in [3.8, 4) is 0 Å². The molecule has 0 saturated heterocycles. The van der Waals surface area contributed by atoms with Crippen LogP contribution in [0.2, 0.25) is 0 Å². The zero-order chi connectivity index (χ0) is 11.2. The van der Waals surface area contributed by atoms with Gasteiger partial charge in [0.15, 0.2) is 5.65 Å². The molecule has 1 N–H and O–H groups in total. The minimum absolute atomic E-state index is 0.0786. The fourth-order valence-electron chi connectivity index (χ4n) is 1.52. The highest BCUT2D eigenvalue weighted by Gasteiger charge is 2.14. The van der Waals surface area contributed by atoms with Crippen molar-refractivity contribution >= 4 is 21.6 Å². The molecule has 80 valence electrons. The van der Waals surface area contributed by atoms with Crippen LogP contribution in [0.25, 0.3) is 5.65 Å². The van der Waals surface area contributed by atoms with Crippen LogP contribution in [-0.2, 0) is 0 Å². The van der Waals surface area contributed by atoms with Crippen molar-refractivity contribution in [1.29, 1.82) is 0 Å². The Morgan fingerprint density at radius 1 is 1.53 bits per heavy atom. The molecule has 0 aliphatic heterocycles. The second-order valence-corrected chi connectivity index (χ2v) is 4.68. The van der Waals surface area contributed by atoms with E-state index in [2.05, 4.69) is 39.9 Å². The number of nitrogens with one attached hydrogen (secondary N) is 1. The van der Waals surface area contributed by atoms with Gasteiger partial charge in [0.1, 0.15) is 0 Å². The quantitative estimate of drug-likeness (QED) is 0.863. The Bertz CT molecular complexity index is 568. The highest BCUT2D eigenvalue weighted by Crippen LogP contribution is 2.25. The molecule has 0 fully saturated rings. The molecule has 15 heavy (non-hydrogen) atoms. The van der Waals surface area contributed by atoms with Gasteiger partial charge in [-0.2, -0.15) is 0 Å². The number of halogens is 1. The fourth-order valence-corrected chi connectivity index (χ4v) is 2.34. The van der Waals surface area contributed by atoms with Crippen LogP contribution in [0.15, 0.2) is 15.3 Å². The molecule has 5 heteroatoms. The van der Waals surface area contributed by atoms with Gasteiger partial charge >= 0.3 is 0 Å². The summed E-state index contributed by atoms with van der Waals surface area (Å²) in [6.07, 6.45) is 0. The van der Waals surface area contributed by atoms with Gasteiger partial charge in [-0.15, -0.1) is 0 Å². The van der Waals surface area contributed by atoms with Gasteiger partial charge in [0, 0.05) is 11.8 Å². The standard InChI is InChI=1S/C10H12BrN3O/c1-5(2)9-8(11)10-12-6(3)4-7(15)14(10)13-9/h4-5,13H,1-3H3. The summed E-state index contributed by atoms with van der Waals surface area (Å²) >= 11 is 3.47. The molecule has 2 aromatic heterocycles. The molecule has 0 radical (unpaired) electrons. The molecule has 4 nitrogen and oxygen atoms in total. The summed E-state index contributed by atoms with van der Waals surface area (Å²) in [6, 6.07) is 1.51. The normalized spacial score (nSPS) is 11.5. The van der Waals surface area contributed by atoms with Crippen molar-refractivity contribution in [2.24, 2.45) is 0 Å².